The number of rotatable bonds is 2. The number of amides is 1. The van der Waals surface area contributed by atoms with Gasteiger partial charge in [-0.2, -0.15) is 18.4 Å². The predicted molar refractivity (Wildman–Crippen MR) is 59.6 cm³/mol. The normalized spacial score (nSPS) is 11.1. The summed E-state index contributed by atoms with van der Waals surface area (Å²) in [5, 5.41) is 8.83. The molecule has 20 heavy (non-hydrogen) atoms. The van der Waals surface area contributed by atoms with Crippen molar-refractivity contribution in [1.29, 1.82) is 5.26 Å². The van der Waals surface area contributed by atoms with Gasteiger partial charge in [0, 0.05) is 12.4 Å². The van der Waals surface area contributed by atoms with Crippen molar-refractivity contribution in [1.82, 2.24) is 14.5 Å². The second-order valence-electron chi connectivity index (χ2n) is 3.66. The summed E-state index contributed by atoms with van der Waals surface area (Å²) in [5.41, 5.74) is 3.65. The predicted octanol–water partition coefficient (Wildman–Crippen LogP) is 1.26. The second-order valence-corrected chi connectivity index (χ2v) is 3.66. The molecule has 6 nitrogen and oxygen atoms in total. The SMILES string of the molecule is N#Cc1nccn1-c1nc(C(F)(F)F)ccc1C(N)=O. The molecule has 2 rings (SSSR count). The lowest BCUT2D eigenvalue weighted by atomic mass is 10.2. The number of alkyl halides is 3. The zero-order chi connectivity index (χ0) is 14.9. The van der Waals surface area contributed by atoms with Gasteiger partial charge in [0.2, 0.25) is 5.82 Å². The minimum atomic E-state index is -4.68. The molecule has 1 amide bonds. The zero-order valence-electron chi connectivity index (χ0n) is 9.72. The third-order valence-electron chi connectivity index (χ3n) is 2.40. The molecule has 0 atom stereocenters. The standard InChI is InChI=1S/C11H6F3N5O/c12-11(13,14)7-2-1-6(9(16)20)10(18-7)19-4-3-17-8(19)5-15/h1-4H,(H2,16,20). The number of imidazole rings is 1. The van der Waals surface area contributed by atoms with Crippen LogP contribution in [0.15, 0.2) is 24.5 Å². The summed E-state index contributed by atoms with van der Waals surface area (Å²) in [6, 6.07) is 3.23. The first-order valence-electron chi connectivity index (χ1n) is 5.16. The number of hydrogen-bond donors (Lipinski definition) is 1. The Morgan fingerprint density at radius 1 is 1.40 bits per heavy atom. The van der Waals surface area contributed by atoms with E-state index in [9.17, 15) is 18.0 Å². The summed E-state index contributed by atoms with van der Waals surface area (Å²) in [4.78, 5) is 18.3. The molecule has 2 N–H and O–H groups in total. The van der Waals surface area contributed by atoms with Gasteiger partial charge in [-0.15, -0.1) is 0 Å². The van der Waals surface area contributed by atoms with E-state index in [0.29, 0.717) is 6.07 Å². The molecule has 0 aliphatic rings. The molecule has 0 saturated carbocycles. The van der Waals surface area contributed by atoms with Gasteiger partial charge < -0.3 is 5.73 Å². The molecule has 0 radical (unpaired) electrons. The maximum Gasteiger partial charge on any atom is 0.433 e. The topological polar surface area (TPSA) is 97.6 Å². The lowest BCUT2D eigenvalue weighted by Gasteiger charge is -2.11. The summed E-state index contributed by atoms with van der Waals surface area (Å²) in [5.74, 6) is -1.56. The Bertz CT molecular complexity index is 714. The Morgan fingerprint density at radius 2 is 2.10 bits per heavy atom. The first-order chi connectivity index (χ1) is 9.34. The molecule has 2 heterocycles. The first-order valence-corrected chi connectivity index (χ1v) is 5.16. The van der Waals surface area contributed by atoms with Gasteiger partial charge >= 0.3 is 6.18 Å². The van der Waals surface area contributed by atoms with Crippen molar-refractivity contribution >= 4 is 5.91 Å². The summed E-state index contributed by atoms with van der Waals surface area (Å²) in [6.45, 7) is 0. The fourth-order valence-electron chi connectivity index (χ4n) is 1.54. The smallest absolute Gasteiger partial charge is 0.365 e. The number of hydrogen-bond acceptors (Lipinski definition) is 4. The lowest BCUT2D eigenvalue weighted by molar-refractivity contribution is -0.141. The van der Waals surface area contributed by atoms with Gasteiger partial charge in [-0.05, 0) is 12.1 Å². The Kier molecular flexibility index (Phi) is 3.15. The van der Waals surface area contributed by atoms with Crippen LogP contribution < -0.4 is 5.73 Å². The van der Waals surface area contributed by atoms with Crippen LogP contribution in [0.3, 0.4) is 0 Å². The van der Waals surface area contributed by atoms with Gasteiger partial charge in [0.1, 0.15) is 11.8 Å². The number of nitriles is 1. The molecule has 0 saturated heterocycles. The van der Waals surface area contributed by atoms with E-state index in [-0.39, 0.29) is 17.2 Å². The Balaban J connectivity index is 2.72. The highest BCUT2D eigenvalue weighted by Crippen LogP contribution is 2.29. The maximum absolute atomic E-state index is 12.7. The molecule has 0 bridgehead atoms. The van der Waals surface area contributed by atoms with Gasteiger partial charge in [0.25, 0.3) is 5.91 Å². The van der Waals surface area contributed by atoms with Crippen LogP contribution in [0, 0.1) is 11.3 Å². The van der Waals surface area contributed by atoms with Crippen LogP contribution in [0.1, 0.15) is 21.9 Å². The van der Waals surface area contributed by atoms with E-state index in [1.807, 2.05) is 0 Å². The van der Waals surface area contributed by atoms with Crippen molar-refractivity contribution in [2.75, 3.05) is 0 Å². The van der Waals surface area contributed by atoms with Gasteiger partial charge in [-0.25, -0.2) is 9.97 Å². The minimum Gasteiger partial charge on any atom is -0.365 e. The molecule has 0 aliphatic carbocycles. The third-order valence-corrected chi connectivity index (χ3v) is 2.40. The van der Waals surface area contributed by atoms with E-state index in [4.69, 9.17) is 11.0 Å². The van der Waals surface area contributed by atoms with Crippen molar-refractivity contribution in [3.8, 4) is 11.9 Å². The molecule has 0 unspecified atom stereocenters. The fraction of sp³-hybridized carbons (Fsp3) is 0.0909. The molecule has 0 fully saturated rings. The molecule has 102 valence electrons. The fourth-order valence-corrected chi connectivity index (χ4v) is 1.54. The number of aromatic nitrogens is 3. The number of nitrogens with two attached hydrogens (primary N) is 1. The van der Waals surface area contributed by atoms with Crippen molar-refractivity contribution in [3.63, 3.8) is 0 Å². The van der Waals surface area contributed by atoms with E-state index in [2.05, 4.69) is 9.97 Å². The van der Waals surface area contributed by atoms with Crippen LogP contribution in [0.5, 0.6) is 0 Å². The van der Waals surface area contributed by atoms with Crippen LogP contribution >= 0.6 is 0 Å². The number of carbonyl (C=O) groups excluding carboxylic acids is 1. The average molecular weight is 281 g/mol. The van der Waals surface area contributed by atoms with Crippen LogP contribution in [0.2, 0.25) is 0 Å². The van der Waals surface area contributed by atoms with Gasteiger partial charge in [-0.1, -0.05) is 0 Å². The summed E-state index contributed by atoms with van der Waals surface area (Å²) >= 11 is 0. The highest BCUT2D eigenvalue weighted by Gasteiger charge is 2.33. The van der Waals surface area contributed by atoms with E-state index < -0.39 is 17.8 Å². The second kappa shape index (κ2) is 4.65. The Morgan fingerprint density at radius 3 is 2.65 bits per heavy atom. The maximum atomic E-state index is 12.7. The lowest BCUT2D eigenvalue weighted by Crippen LogP contribution is -2.19. The molecule has 2 aromatic rings. The van der Waals surface area contributed by atoms with E-state index in [1.165, 1.54) is 12.4 Å². The summed E-state index contributed by atoms with van der Waals surface area (Å²) < 4.78 is 38.9. The van der Waals surface area contributed by atoms with Crippen molar-refractivity contribution in [2.45, 2.75) is 6.18 Å². The number of carbonyl (C=O) groups is 1. The number of halogens is 3. The molecule has 2 aromatic heterocycles. The molecule has 9 heteroatoms. The molecular weight excluding hydrogens is 275 g/mol. The number of primary amides is 1. The Labute approximate surface area is 110 Å². The largest absolute Gasteiger partial charge is 0.433 e. The Hall–Kier alpha value is -2.89. The average Bonchev–Trinajstić information content (AvgIpc) is 2.84. The highest BCUT2D eigenvalue weighted by molar-refractivity contribution is 5.95. The quantitative estimate of drug-likeness (QED) is 0.895. The van der Waals surface area contributed by atoms with Gasteiger partial charge in [0.15, 0.2) is 5.82 Å². The first kappa shape index (κ1) is 13.5. The molecule has 0 aromatic carbocycles. The number of pyridine rings is 1. The zero-order valence-corrected chi connectivity index (χ0v) is 9.72. The van der Waals surface area contributed by atoms with E-state index in [1.54, 1.807) is 6.07 Å². The van der Waals surface area contributed by atoms with E-state index >= 15 is 0 Å². The monoisotopic (exact) mass is 281 g/mol. The summed E-state index contributed by atoms with van der Waals surface area (Å²) in [6.07, 6.45) is -2.27. The molecule has 0 aliphatic heterocycles. The minimum absolute atomic E-state index is 0.209. The number of nitrogens with zero attached hydrogens (tertiary/aromatic N) is 4. The van der Waals surface area contributed by atoms with Gasteiger partial charge in [0.05, 0.1) is 5.56 Å². The van der Waals surface area contributed by atoms with Crippen LogP contribution in [-0.2, 0) is 6.18 Å². The highest BCUT2D eigenvalue weighted by atomic mass is 19.4. The van der Waals surface area contributed by atoms with Crippen LogP contribution in [0.4, 0.5) is 13.2 Å². The third kappa shape index (κ3) is 2.31. The summed E-state index contributed by atoms with van der Waals surface area (Å²) in [7, 11) is 0. The van der Waals surface area contributed by atoms with E-state index in [0.717, 1.165) is 10.6 Å². The molecule has 0 spiro atoms. The molecular formula is C11H6F3N5O. The van der Waals surface area contributed by atoms with Crippen molar-refractivity contribution in [3.05, 3.63) is 41.6 Å². The van der Waals surface area contributed by atoms with Gasteiger partial charge in [-0.3, -0.25) is 9.36 Å². The van der Waals surface area contributed by atoms with Crippen LogP contribution in [-0.4, -0.2) is 20.4 Å². The van der Waals surface area contributed by atoms with Crippen molar-refractivity contribution in [2.24, 2.45) is 5.73 Å². The van der Waals surface area contributed by atoms with Crippen molar-refractivity contribution < 1.29 is 18.0 Å². The van der Waals surface area contributed by atoms with Crippen LogP contribution in [0.25, 0.3) is 5.82 Å².